The van der Waals surface area contributed by atoms with Crippen molar-refractivity contribution < 1.29 is 4.42 Å². The molecule has 13 heavy (non-hydrogen) atoms. The van der Waals surface area contributed by atoms with Crippen molar-refractivity contribution in [3.8, 4) is 0 Å². The zero-order chi connectivity index (χ0) is 9.26. The van der Waals surface area contributed by atoms with Crippen LogP contribution in [0.3, 0.4) is 0 Å². The summed E-state index contributed by atoms with van der Waals surface area (Å²) in [5.74, 6) is 0. The number of aromatic nitrogens is 1. The SMILES string of the molecule is NC(c1ccc[nH]1)c1ccoc1Cl. The molecule has 0 bridgehead atoms. The maximum atomic E-state index is 5.93. The minimum atomic E-state index is -0.249. The van der Waals surface area contributed by atoms with Crippen molar-refractivity contribution in [2.75, 3.05) is 0 Å². The highest BCUT2D eigenvalue weighted by atomic mass is 35.5. The van der Waals surface area contributed by atoms with E-state index in [1.165, 1.54) is 6.26 Å². The van der Waals surface area contributed by atoms with Gasteiger partial charge in [-0.2, -0.15) is 0 Å². The molecule has 4 heteroatoms. The minimum absolute atomic E-state index is 0.249. The van der Waals surface area contributed by atoms with Crippen molar-refractivity contribution in [2.45, 2.75) is 6.04 Å². The van der Waals surface area contributed by atoms with E-state index in [1.807, 2.05) is 18.3 Å². The van der Waals surface area contributed by atoms with Crippen molar-refractivity contribution in [3.63, 3.8) is 0 Å². The maximum Gasteiger partial charge on any atom is 0.198 e. The van der Waals surface area contributed by atoms with Crippen molar-refractivity contribution in [1.82, 2.24) is 4.98 Å². The van der Waals surface area contributed by atoms with E-state index >= 15 is 0 Å². The third-order valence-electron chi connectivity index (χ3n) is 1.94. The molecular formula is C9H9ClN2O. The summed E-state index contributed by atoms with van der Waals surface area (Å²) in [6, 6.07) is 5.33. The monoisotopic (exact) mass is 196 g/mol. The molecule has 0 aliphatic heterocycles. The van der Waals surface area contributed by atoms with Crippen LogP contribution in [0.4, 0.5) is 0 Å². The third kappa shape index (κ3) is 1.48. The van der Waals surface area contributed by atoms with Gasteiger partial charge < -0.3 is 15.1 Å². The Morgan fingerprint density at radius 2 is 2.31 bits per heavy atom. The molecule has 0 saturated carbocycles. The van der Waals surface area contributed by atoms with E-state index in [-0.39, 0.29) is 6.04 Å². The van der Waals surface area contributed by atoms with E-state index in [0.29, 0.717) is 5.22 Å². The lowest BCUT2D eigenvalue weighted by atomic mass is 10.1. The predicted molar refractivity (Wildman–Crippen MR) is 50.5 cm³/mol. The zero-order valence-corrected chi connectivity index (χ0v) is 7.58. The summed E-state index contributed by atoms with van der Waals surface area (Å²) >= 11 is 5.79. The second-order valence-electron chi connectivity index (χ2n) is 2.75. The number of furan rings is 1. The van der Waals surface area contributed by atoms with Crippen LogP contribution in [0.15, 0.2) is 35.1 Å². The maximum absolute atomic E-state index is 5.93. The first kappa shape index (κ1) is 8.41. The fraction of sp³-hybridized carbons (Fsp3) is 0.111. The Morgan fingerprint density at radius 3 is 2.85 bits per heavy atom. The molecule has 2 rings (SSSR count). The van der Waals surface area contributed by atoms with Gasteiger partial charge in [-0.3, -0.25) is 0 Å². The fourth-order valence-corrected chi connectivity index (χ4v) is 1.46. The van der Waals surface area contributed by atoms with Crippen molar-refractivity contribution in [1.29, 1.82) is 0 Å². The summed E-state index contributed by atoms with van der Waals surface area (Å²) in [6.07, 6.45) is 3.35. The zero-order valence-electron chi connectivity index (χ0n) is 6.83. The first-order valence-corrected chi connectivity index (χ1v) is 4.28. The van der Waals surface area contributed by atoms with E-state index in [1.54, 1.807) is 6.07 Å². The molecule has 0 saturated heterocycles. The van der Waals surface area contributed by atoms with Gasteiger partial charge in [-0.15, -0.1) is 0 Å². The molecule has 1 atom stereocenters. The number of hydrogen-bond donors (Lipinski definition) is 2. The lowest BCUT2D eigenvalue weighted by Gasteiger charge is -2.06. The van der Waals surface area contributed by atoms with Crippen molar-refractivity contribution in [3.05, 3.63) is 47.1 Å². The van der Waals surface area contributed by atoms with E-state index in [4.69, 9.17) is 21.8 Å². The van der Waals surface area contributed by atoms with Crippen molar-refractivity contribution in [2.24, 2.45) is 5.73 Å². The highest BCUT2D eigenvalue weighted by molar-refractivity contribution is 6.29. The van der Waals surface area contributed by atoms with Crippen LogP contribution >= 0.6 is 11.6 Å². The van der Waals surface area contributed by atoms with E-state index in [9.17, 15) is 0 Å². The summed E-state index contributed by atoms with van der Waals surface area (Å²) in [5.41, 5.74) is 7.65. The molecule has 3 N–H and O–H groups in total. The van der Waals surface area contributed by atoms with Gasteiger partial charge in [-0.25, -0.2) is 0 Å². The van der Waals surface area contributed by atoms with Gasteiger partial charge in [-0.1, -0.05) is 0 Å². The Labute approximate surface area is 80.5 Å². The number of nitrogens with two attached hydrogens (primary N) is 1. The van der Waals surface area contributed by atoms with Gasteiger partial charge in [0.1, 0.15) is 0 Å². The van der Waals surface area contributed by atoms with Crippen LogP contribution < -0.4 is 5.73 Å². The summed E-state index contributed by atoms with van der Waals surface area (Å²) < 4.78 is 4.96. The summed E-state index contributed by atoms with van der Waals surface area (Å²) in [7, 11) is 0. The molecule has 0 aliphatic carbocycles. The van der Waals surface area contributed by atoms with Crippen LogP contribution in [0.5, 0.6) is 0 Å². The van der Waals surface area contributed by atoms with Crippen LogP contribution in [0, 0.1) is 0 Å². The molecule has 0 aliphatic rings. The highest BCUT2D eigenvalue weighted by Gasteiger charge is 2.14. The molecular weight excluding hydrogens is 188 g/mol. The first-order chi connectivity index (χ1) is 6.29. The van der Waals surface area contributed by atoms with Crippen LogP contribution in [0.25, 0.3) is 0 Å². The number of hydrogen-bond acceptors (Lipinski definition) is 2. The third-order valence-corrected chi connectivity index (χ3v) is 2.25. The van der Waals surface area contributed by atoms with Gasteiger partial charge >= 0.3 is 0 Å². The molecule has 1 unspecified atom stereocenters. The Balaban J connectivity index is 2.33. The number of rotatable bonds is 2. The Kier molecular flexibility index (Phi) is 2.12. The smallest absolute Gasteiger partial charge is 0.198 e. The number of H-pyrrole nitrogens is 1. The van der Waals surface area contributed by atoms with Crippen LogP contribution in [0.1, 0.15) is 17.3 Å². The molecule has 2 heterocycles. The number of aromatic amines is 1. The summed E-state index contributed by atoms with van der Waals surface area (Å²) in [5, 5.41) is 0.349. The molecule has 3 nitrogen and oxygen atoms in total. The second kappa shape index (κ2) is 3.28. The van der Waals surface area contributed by atoms with Crippen molar-refractivity contribution >= 4 is 11.6 Å². The topological polar surface area (TPSA) is 55.0 Å². The fourth-order valence-electron chi connectivity index (χ4n) is 1.23. The number of nitrogens with one attached hydrogen (secondary N) is 1. The summed E-state index contributed by atoms with van der Waals surface area (Å²) in [4.78, 5) is 3.03. The quantitative estimate of drug-likeness (QED) is 0.775. The minimum Gasteiger partial charge on any atom is -0.453 e. The van der Waals surface area contributed by atoms with Crippen LogP contribution in [-0.4, -0.2) is 4.98 Å². The average Bonchev–Trinajstić information content (AvgIpc) is 2.72. The normalized spacial score (nSPS) is 13.1. The molecule has 2 aromatic rings. The van der Waals surface area contributed by atoms with E-state index < -0.39 is 0 Å². The molecule has 0 spiro atoms. The highest BCUT2D eigenvalue weighted by Crippen LogP contribution is 2.26. The first-order valence-electron chi connectivity index (χ1n) is 3.91. The molecule has 0 amide bonds. The largest absolute Gasteiger partial charge is 0.453 e. The van der Waals surface area contributed by atoms with Gasteiger partial charge in [-0.05, 0) is 29.8 Å². The standard InChI is InChI=1S/C9H9ClN2O/c10-9-6(3-5-13-9)8(11)7-2-1-4-12-7/h1-5,8,12H,11H2. The Bertz CT molecular complexity index is 380. The van der Waals surface area contributed by atoms with Crippen LogP contribution in [-0.2, 0) is 0 Å². The second-order valence-corrected chi connectivity index (χ2v) is 3.10. The van der Waals surface area contributed by atoms with E-state index in [0.717, 1.165) is 11.3 Å². The molecule has 0 fully saturated rings. The Hall–Kier alpha value is -1.19. The molecule has 2 aromatic heterocycles. The lowest BCUT2D eigenvalue weighted by Crippen LogP contribution is -2.11. The van der Waals surface area contributed by atoms with Gasteiger partial charge in [0, 0.05) is 17.5 Å². The van der Waals surface area contributed by atoms with Crippen LogP contribution in [0.2, 0.25) is 5.22 Å². The van der Waals surface area contributed by atoms with Gasteiger partial charge in [0.25, 0.3) is 0 Å². The number of halogens is 1. The molecule has 0 radical (unpaired) electrons. The van der Waals surface area contributed by atoms with Gasteiger partial charge in [0.05, 0.1) is 12.3 Å². The van der Waals surface area contributed by atoms with Gasteiger partial charge in [0.2, 0.25) is 0 Å². The lowest BCUT2D eigenvalue weighted by molar-refractivity contribution is 0.564. The van der Waals surface area contributed by atoms with E-state index in [2.05, 4.69) is 4.98 Å². The predicted octanol–water partition coefficient (Wildman–Crippen LogP) is 2.31. The average molecular weight is 197 g/mol. The molecule has 68 valence electrons. The Morgan fingerprint density at radius 1 is 1.46 bits per heavy atom. The van der Waals surface area contributed by atoms with Gasteiger partial charge in [0.15, 0.2) is 5.22 Å². The summed E-state index contributed by atoms with van der Waals surface area (Å²) in [6.45, 7) is 0. The molecule has 0 aromatic carbocycles.